The average Bonchev–Trinajstić information content (AvgIpc) is 2.59. The Morgan fingerprint density at radius 3 is 2.93 bits per heavy atom. The van der Waals surface area contributed by atoms with Gasteiger partial charge in [-0.3, -0.25) is 5.10 Å². The van der Waals surface area contributed by atoms with Crippen LogP contribution in [0, 0.1) is 11.7 Å². The summed E-state index contributed by atoms with van der Waals surface area (Å²) < 4.78 is 2.97. The van der Waals surface area contributed by atoms with E-state index in [0.29, 0.717) is 6.04 Å². The van der Waals surface area contributed by atoms with E-state index < -0.39 is 0 Å². The number of H-pyrrole nitrogens is 1. The highest BCUT2D eigenvalue weighted by Crippen LogP contribution is 2.34. The van der Waals surface area contributed by atoms with Crippen LogP contribution in [0.5, 0.6) is 0 Å². The number of hydrogen-bond donors (Lipinski definition) is 1. The number of nitrogens with one attached hydrogen (secondary N) is 1. The van der Waals surface area contributed by atoms with Crippen molar-refractivity contribution in [3.63, 3.8) is 0 Å². The molecule has 1 fully saturated rings. The third-order valence-corrected chi connectivity index (χ3v) is 4.56. The lowest BCUT2D eigenvalue weighted by Crippen LogP contribution is -2.21. The molecule has 15 heavy (non-hydrogen) atoms. The molecule has 1 heterocycles. The van der Waals surface area contributed by atoms with E-state index in [1.165, 1.54) is 25.7 Å². The fraction of sp³-hybridized carbons (Fsp3) is 0.800. The van der Waals surface area contributed by atoms with Gasteiger partial charge in [-0.1, -0.05) is 6.42 Å². The lowest BCUT2D eigenvalue weighted by Gasteiger charge is -2.29. The number of aromatic amines is 1. The van der Waals surface area contributed by atoms with Crippen molar-refractivity contribution in [2.45, 2.75) is 43.9 Å². The van der Waals surface area contributed by atoms with Gasteiger partial charge in [0, 0.05) is 11.3 Å². The van der Waals surface area contributed by atoms with Gasteiger partial charge in [-0.05, 0) is 44.7 Å². The largest absolute Gasteiger partial charge is 0.301 e. The van der Waals surface area contributed by atoms with E-state index in [0.717, 1.165) is 15.8 Å². The molecule has 0 bridgehead atoms. The SMILES string of the molecule is CSC1CCCC(n2c(C)n[nH]c2=S)C1. The van der Waals surface area contributed by atoms with Crippen molar-refractivity contribution in [2.75, 3.05) is 6.26 Å². The number of aryl methyl sites for hydroxylation is 1. The first-order valence-electron chi connectivity index (χ1n) is 5.38. The molecule has 1 aromatic rings. The highest BCUT2D eigenvalue weighted by molar-refractivity contribution is 7.99. The summed E-state index contributed by atoms with van der Waals surface area (Å²) in [7, 11) is 0. The van der Waals surface area contributed by atoms with Crippen molar-refractivity contribution in [2.24, 2.45) is 0 Å². The van der Waals surface area contributed by atoms with Crippen molar-refractivity contribution in [1.82, 2.24) is 14.8 Å². The Hall–Kier alpha value is -0.290. The Bertz CT molecular complexity index is 382. The van der Waals surface area contributed by atoms with Gasteiger partial charge in [0.05, 0.1) is 0 Å². The summed E-state index contributed by atoms with van der Waals surface area (Å²) in [6, 6.07) is 0.558. The second-order valence-corrected chi connectivity index (χ2v) is 5.65. The summed E-state index contributed by atoms with van der Waals surface area (Å²) >= 11 is 7.25. The molecule has 84 valence electrons. The van der Waals surface area contributed by atoms with E-state index >= 15 is 0 Å². The molecular weight excluding hydrogens is 226 g/mol. The van der Waals surface area contributed by atoms with Gasteiger partial charge in [0.15, 0.2) is 4.77 Å². The number of hydrogen-bond acceptors (Lipinski definition) is 3. The van der Waals surface area contributed by atoms with Crippen molar-refractivity contribution >= 4 is 24.0 Å². The maximum atomic E-state index is 5.27. The van der Waals surface area contributed by atoms with Crippen LogP contribution in [0.2, 0.25) is 0 Å². The lowest BCUT2D eigenvalue weighted by atomic mass is 9.95. The molecule has 1 saturated carbocycles. The van der Waals surface area contributed by atoms with Crippen molar-refractivity contribution in [3.05, 3.63) is 10.6 Å². The van der Waals surface area contributed by atoms with Gasteiger partial charge in [0.2, 0.25) is 0 Å². The van der Waals surface area contributed by atoms with E-state index in [-0.39, 0.29) is 0 Å². The smallest absolute Gasteiger partial charge is 0.195 e. The Morgan fingerprint density at radius 1 is 1.53 bits per heavy atom. The van der Waals surface area contributed by atoms with E-state index in [4.69, 9.17) is 12.2 Å². The van der Waals surface area contributed by atoms with E-state index in [1.54, 1.807) is 0 Å². The Labute approximate surface area is 99.7 Å². The van der Waals surface area contributed by atoms with E-state index in [9.17, 15) is 0 Å². The van der Waals surface area contributed by atoms with Crippen LogP contribution >= 0.6 is 24.0 Å². The summed E-state index contributed by atoms with van der Waals surface area (Å²) in [6.07, 6.45) is 7.33. The summed E-state index contributed by atoms with van der Waals surface area (Å²) in [5.74, 6) is 1.02. The molecule has 5 heteroatoms. The predicted octanol–water partition coefficient (Wildman–Crippen LogP) is 3.10. The normalized spacial score (nSPS) is 26.8. The van der Waals surface area contributed by atoms with Crippen molar-refractivity contribution < 1.29 is 0 Å². The van der Waals surface area contributed by atoms with Crippen LogP contribution < -0.4 is 0 Å². The Morgan fingerprint density at radius 2 is 2.33 bits per heavy atom. The van der Waals surface area contributed by atoms with Gasteiger partial charge in [-0.2, -0.15) is 16.9 Å². The monoisotopic (exact) mass is 243 g/mol. The zero-order chi connectivity index (χ0) is 10.8. The minimum absolute atomic E-state index is 0.558. The molecular formula is C10H17N3S2. The molecule has 1 aliphatic carbocycles. The van der Waals surface area contributed by atoms with Crippen LogP contribution in [0.4, 0.5) is 0 Å². The molecule has 0 aromatic carbocycles. The quantitative estimate of drug-likeness (QED) is 0.810. The maximum absolute atomic E-state index is 5.27. The lowest BCUT2D eigenvalue weighted by molar-refractivity contribution is 0.353. The highest BCUT2D eigenvalue weighted by atomic mass is 32.2. The van der Waals surface area contributed by atoms with Gasteiger partial charge in [0.1, 0.15) is 5.82 Å². The fourth-order valence-corrected chi connectivity index (χ4v) is 3.53. The first-order valence-corrected chi connectivity index (χ1v) is 7.08. The third kappa shape index (κ3) is 2.28. The van der Waals surface area contributed by atoms with Crippen LogP contribution in [-0.4, -0.2) is 26.3 Å². The van der Waals surface area contributed by atoms with E-state index in [2.05, 4.69) is 21.0 Å². The summed E-state index contributed by atoms with van der Waals surface area (Å²) in [5, 5.41) is 7.85. The molecule has 2 unspecified atom stereocenters. The standard InChI is InChI=1S/C10H17N3S2/c1-7-11-12-10(14)13(7)8-4-3-5-9(6-8)15-2/h8-9H,3-6H2,1-2H3,(H,12,14). The highest BCUT2D eigenvalue weighted by Gasteiger charge is 2.24. The predicted molar refractivity (Wildman–Crippen MR) is 67.0 cm³/mol. The summed E-state index contributed by atoms with van der Waals surface area (Å²) in [5.41, 5.74) is 0. The van der Waals surface area contributed by atoms with Gasteiger partial charge in [-0.15, -0.1) is 0 Å². The molecule has 0 aliphatic heterocycles. The van der Waals surface area contributed by atoms with Gasteiger partial charge in [-0.25, -0.2) is 0 Å². The molecule has 1 aliphatic rings. The minimum Gasteiger partial charge on any atom is -0.301 e. The van der Waals surface area contributed by atoms with Crippen LogP contribution in [0.3, 0.4) is 0 Å². The Kier molecular flexibility index (Phi) is 3.51. The molecule has 0 amide bonds. The topological polar surface area (TPSA) is 33.6 Å². The minimum atomic E-state index is 0.558. The first-order chi connectivity index (χ1) is 7.22. The molecule has 0 radical (unpaired) electrons. The summed E-state index contributed by atoms with van der Waals surface area (Å²) in [4.78, 5) is 0. The number of rotatable bonds is 2. The summed E-state index contributed by atoms with van der Waals surface area (Å²) in [6.45, 7) is 2.02. The number of aromatic nitrogens is 3. The van der Waals surface area contributed by atoms with Crippen LogP contribution in [0.15, 0.2) is 0 Å². The first kappa shape index (κ1) is 11.2. The zero-order valence-electron chi connectivity index (χ0n) is 9.19. The molecule has 1 aromatic heterocycles. The molecule has 1 N–H and O–H groups in total. The van der Waals surface area contributed by atoms with Crippen molar-refractivity contribution in [1.29, 1.82) is 0 Å². The van der Waals surface area contributed by atoms with Gasteiger partial charge in [0.25, 0.3) is 0 Å². The fourth-order valence-electron chi connectivity index (χ4n) is 2.38. The average molecular weight is 243 g/mol. The molecule has 0 spiro atoms. The number of nitrogens with zero attached hydrogens (tertiary/aromatic N) is 2. The molecule has 2 atom stereocenters. The maximum Gasteiger partial charge on any atom is 0.195 e. The number of thioether (sulfide) groups is 1. The third-order valence-electron chi connectivity index (χ3n) is 3.18. The van der Waals surface area contributed by atoms with Gasteiger partial charge < -0.3 is 4.57 Å². The van der Waals surface area contributed by atoms with Crippen molar-refractivity contribution in [3.8, 4) is 0 Å². The molecule has 2 rings (SSSR count). The van der Waals surface area contributed by atoms with Crippen LogP contribution in [0.25, 0.3) is 0 Å². The van der Waals surface area contributed by atoms with E-state index in [1.807, 2.05) is 18.7 Å². The second kappa shape index (κ2) is 4.70. The zero-order valence-corrected chi connectivity index (χ0v) is 10.8. The molecule has 0 saturated heterocycles. The second-order valence-electron chi connectivity index (χ2n) is 4.12. The Balaban J connectivity index is 2.20. The van der Waals surface area contributed by atoms with Gasteiger partial charge >= 0.3 is 0 Å². The van der Waals surface area contributed by atoms with Crippen LogP contribution in [0.1, 0.15) is 37.5 Å². The molecule has 3 nitrogen and oxygen atoms in total. The van der Waals surface area contributed by atoms with Crippen LogP contribution in [-0.2, 0) is 0 Å².